The molecule has 1 aromatic rings. The summed E-state index contributed by atoms with van der Waals surface area (Å²) in [6.07, 6.45) is 0. The third-order valence-electron chi connectivity index (χ3n) is 0.627. The number of tetrazole rings is 1. The van der Waals surface area contributed by atoms with Gasteiger partial charge in [-0.25, -0.2) is 5.10 Å². The van der Waals surface area contributed by atoms with Crippen molar-refractivity contribution in [2.75, 3.05) is 0 Å². The number of nitrogens with one attached hydrogen (secondary N) is 1. The fraction of sp³-hybridized carbons (Fsp3) is 0.500. The van der Waals surface area contributed by atoms with Gasteiger partial charge in [0.05, 0.1) is 0 Å². The van der Waals surface area contributed by atoms with Gasteiger partial charge in [-0.2, -0.15) is 0 Å². The monoisotopic (exact) mass is 143 g/mol. The molecule has 5 heteroatoms. The minimum absolute atomic E-state index is 0.745. The quantitative estimate of drug-likeness (QED) is 0.624. The highest BCUT2D eigenvalue weighted by Gasteiger charge is 2.00. The van der Waals surface area contributed by atoms with Gasteiger partial charge in [-0.15, -0.1) is 5.10 Å². The zero-order chi connectivity index (χ0) is 6.69. The molecular weight excluding hydrogens is 136 g/mol. The molecule has 0 saturated carbocycles. The number of H-pyrrole nitrogens is 1. The Kier molecular flexibility index (Phi) is 2.05. The first-order valence-electron chi connectivity index (χ1n) is 2.51. The third kappa shape index (κ3) is 2.01. The predicted molar refractivity (Wildman–Crippen MR) is 34.6 cm³/mol. The number of aromatic nitrogens is 4. The average molecular weight is 143 g/mol. The maximum absolute atomic E-state index is 3.68. The van der Waals surface area contributed by atoms with Crippen LogP contribution in [0.25, 0.3) is 0 Å². The average Bonchev–Trinajstić information content (AvgIpc) is 2.15. The molecule has 4 nitrogen and oxygen atoms in total. The summed E-state index contributed by atoms with van der Waals surface area (Å²) < 4.78 is 0. The second-order valence-corrected chi connectivity index (χ2v) is 3.12. The Balaban J connectivity index is 2.48. The van der Waals surface area contributed by atoms with E-state index in [1.165, 1.54) is 17.0 Å². The van der Waals surface area contributed by atoms with Crippen LogP contribution in [0, 0.1) is 5.25 Å². The van der Waals surface area contributed by atoms with Crippen molar-refractivity contribution in [1.82, 2.24) is 20.6 Å². The van der Waals surface area contributed by atoms with Crippen molar-refractivity contribution in [2.24, 2.45) is 0 Å². The van der Waals surface area contributed by atoms with Gasteiger partial charge in [0.15, 0.2) is 0 Å². The Labute approximate surface area is 57.4 Å². The molecule has 0 aliphatic heterocycles. The molecule has 0 aliphatic rings. The van der Waals surface area contributed by atoms with E-state index in [0.717, 1.165) is 5.16 Å². The summed E-state index contributed by atoms with van der Waals surface area (Å²) in [6, 6.07) is 0. The van der Waals surface area contributed by atoms with Gasteiger partial charge in [0.2, 0.25) is 5.16 Å². The Hall–Kier alpha value is -0.580. The van der Waals surface area contributed by atoms with Crippen molar-refractivity contribution in [3.05, 3.63) is 5.25 Å². The third-order valence-corrected chi connectivity index (χ3v) is 1.40. The Morgan fingerprint density at radius 2 is 2.33 bits per heavy atom. The molecule has 0 atom stereocenters. The van der Waals surface area contributed by atoms with Crippen LogP contribution < -0.4 is 0 Å². The highest BCUT2D eigenvalue weighted by atomic mass is 32.2. The van der Waals surface area contributed by atoms with E-state index in [1.807, 2.05) is 13.8 Å². The van der Waals surface area contributed by atoms with Crippen molar-refractivity contribution in [2.45, 2.75) is 19.0 Å². The van der Waals surface area contributed by atoms with Crippen LogP contribution in [0.4, 0.5) is 0 Å². The van der Waals surface area contributed by atoms with E-state index in [4.69, 9.17) is 0 Å². The lowest BCUT2D eigenvalue weighted by Crippen LogP contribution is -1.78. The zero-order valence-electron chi connectivity index (χ0n) is 5.25. The Morgan fingerprint density at radius 3 is 2.78 bits per heavy atom. The molecule has 0 bridgehead atoms. The van der Waals surface area contributed by atoms with Gasteiger partial charge in [-0.3, -0.25) is 0 Å². The van der Waals surface area contributed by atoms with Gasteiger partial charge in [0.1, 0.15) is 0 Å². The van der Waals surface area contributed by atoms with E-state index >= 15 is 0 Å². The zero-order valence-corrected chi connectivity index (χ0v) is 6.07. The van der Waals surface area contributed by atoms with Gasteiger partial charge in [0.25, 0.3) is 0 Å². The predicted octanol–water partition coefficient (Wildman–Crippen LogP) is 0.864. The summed E-state index contributed by atoms with van der Waals surface area (Å²) in [5, 5.41) is 15.1. The first-order valence-corrected chi connectivity index (χ1v) is 3.32. The van der Waals surface area contributed by atoms with Crippen LogP contribution in [0.5, 0.6) is 0 Å². The van der Waals surface area contributed by atoms with E-state index in [2.05, 4.69) is 20.6 Å². The van der Waals surface area contributed by atoms with Gasteiger partial charge in [-0.1, -0.05) is 11.8 Å². The number of hydrogen-bond donors (Lipinski definition) is 1. The summed E-state index contributed by atoms with van der Waals surface area (Å²) in [5.41, 5.74) is 0. The van der Waals surface area contributed by atoms with Crippen molar-refractivity contribution in [1.29, 1.82) is 0 Å². The SMILES string of the molecule is C[C](C)Sc1nnn[nH]1. The van der Waals surface area contributed by atoms with Crippen LogP contribution in [-0.2, 0) is 0 Å². The van der Waals surface area contributed by atoms with Crippen LogP contribution in [0.2, 0.25) is 0 Å². The molecule has 9 heavy (non-hydrogen) atoms. The molecule has 0 spiro atoms. The highest BCUT2D eigenvalue weighted by Crippen LogP contribution is 2.22. The van der Waals surface area contributed by atoms with Gasteiger partial charge in [0, 0.05) is 5.25 Å². The van der Waals surface area contributed by atoms with E-state index in [9.17, 15) is 0 Å². The summed E-state index contributed by atoms with van der Waals surface area (Å²) in [5.74, 6) is 0. The van der Waals surface area contributed by atoms with E-state index in [1.54, 1.807) is 0 Å². The summed E-state index contributed by atoms with van der Waals surface area (Å²) in [7, 11) is 0. The molecular formula is C4H7N4S. The first kappa shape index (κ1) is 6.54. The number of rotatable bonds is 2. The van der Waals surface area contributed by atoms with E-state index in [-0.39, 0.29) is 0 Å². The van der Waals surface area contributed by atoms with Crippen molar-refractivity contribution in [3.63, 3.8) is 0 Å². The van der Waals surface area contributed by atoms with Crippen LogP contribution in [0.3, 0.4) is 0 Å². The maximum atomic E-state index is 3.68. The standard InChI is InChI=1S/C4H7N4S/c1-3(2)9-4-5-7-8-6-4/h1-2H3,(H,5,6,7,8). The lowest BCUT2D eigenvalue weighted by molar-refractivity contribution is 0.881. The molecule has 0 saturated heterocycles. The van der Waals surface area contributed by atoms with Crippen LogP contribution in [0.15, 0.2) is 5.16 Å². The molecule has 1 aromatic heterocycles. The molecule has 0 unspecified atom stereocenters. The normalized spacial score (nSPS) is 10.6. The minimum atomic E-state index is 0.745. The lowest BCUT2D eigenvalue weighted by atomic mass is 10.6. The Bertz CT molecular complexity index is 159. The fourth-order valence-electron chi connectivity index (χ4n) is 0.387. The smallest absolute Gasteiger partial charge is 0.207 e. The number of aromatic amines is 1. The summed E-state index contributed by atoms with van der Waals surface area (Å²) in [4.78, 5) is 0. The summed E-state index contributed by atoms with van der Waals surface area (Å²) >= 11 is 1.53. The molecule has 0 aromatic carbocycles. The van der Waals surface area contributed by atoms with Crippen molar-refractivity contribution >= 4 is 11.8 Å². The van der Waals surface area contributed by atoms with E-state index < -0.39 is 0 Å². The number of nitrogens with zero attached hydrogens (tertiary/aromatic N) is 3. The second kappa shape index (κ2) is 2.82. The second-order valence-electron chi connectivity index (χ2n) is 1.72. The maximum Gasteiger partial charge on any atom is 0.207 e. The van der Waals surface area contributed by atoms with Crippen LogP contribution in [-0.4, -0.2) is 20.6 Å². The van der Waals surface area contributed by atoms with Crippen molar-refractivity contribution < 1.29 is 0 Å². The van der Waals surface area contributed by atoms with E-state index in [0.29, 0.717) is 0 Å². The summed E-state index contributed by atoms with van der Waals surface area (Å²) in [6.45, 7) is 4.01. The number of hydrogen-bond acceptors (Lipinski definition) is 4. The van der Waals surface area contributed by atoms with Gasteiger partial charge >= 0.3 is 0 Å². The molecule has 1 N–H and O–H groups in total. The Morgan fingerprint density at radius 1 is 1.56 bits per heavy atom. The fourth-order valence-corrected chi connectivity index (χ4v) is 0.938. The lowest BCUT2D eigenvalue weighted by Gasteiger charge is -1.94. The minimum Gasteiger partial charge on any atom is -0.234 e. The topological polar surface area (TPSA) is 54.5 Å². The molecule has 1 radical (unpaired) electrons. The van der Waals surface area contributed by atoms with Gasteiger partial charge < -0.3 is 0 Å². The number of thioether (sulfide) groups is 1. The molecule has 1 rings (SSSR count). The molecule has 0 aliphatic carbocycles. The van der Waals surface area contributed by atoms with Crippen LogP contribution >= 0.6 is 11.8 Å². The highest BCUT2D eigenvalue weighted by molar-refractivity contribution is 8.01. The molecule has 1 heterocycles. The molecule has 0 amide bonds. The molecule has 49 valence electrons. The first-order chi connectivity index (χ1) is 4.29. The molecule has 0 fully saturated rings. The van der Waals surface area contributed by atoms with Gasteiger partial charge in [-0.05, 0) is 24.3 Å². The largest absolute Gasteiger partial charge is 0.234 e. The van der Waals surface area contributed by atoms with Crippen LogP contribution in [0.1, 0.15) is 13.8 Å². The van der Waals surface area contributed by atoms with Crippen molar-refractivity contribution in [3.8, 4) is 0 Å².